The lowest BCUT2D eigenvalue weighted by molar-refractivity contribution is -0.859. The van der Waals surface area contributed by atoms with Crippen molar-refractivity contribution >= 4 is 15.2 Å². The molecule has 0 amide bonds. The third-order valence-corrected chi connectivity index (χ3v) is 5.27. The monoisotopic (exact) mass is 220 g/mol. The minimum Gasteiger partial charge on any atom is -0.320 e. The van der Waals surface area contributed by atoms with Crippen molar-refractivity contribution in [2.75, 3.05) is 14.1 Å². The lowest BCUT2D eigenvalue weighted by Gasteiger charge is -2.22. The van der Waals surface area contributed by atoms with E-state index in [0.29, 0.717) is 0 Å². The maximum absolute atomic E-state index is 10.6. The first-order chi connectivity index (χ1) is 5.07. The predicted molar refractivity (Wildman–Crippen MR) is 40.7 cm³/mol. The highest BCUT2D eigenvalue weighted by atomic mass is 31.2. The fraction of sp³-hybridized carbons (Fsp3) is 1.00. The minimum absolute atomic E-state index is 0.0247. The molecular weight excluding hydrogens is 208 g/mol. The minimum atomic E-state index is -4.75. The average molecular weight is 220 g/mol. The van der Waals surface area contributed by atoms with Gasteiger partial charge >= 0.3 is 15.2 Å². The molecule has 0 aliphatic heterocycles. The van der Waals surface area contributed by atoms with Crippen LogP contribution < -0.4 is 4.90 Å². The molecule has 0 heterocycles. The van der Waals surface area contributed by atoms with Crippen molar-refractivity contribution in [2.24, 2.45) is 0 Å². The molecule has 0 spiro atoms. The van der Waals surface area contributed by atoms with Crippen LogP contribution in [0.15, 0.2) is 0 Å². The van der Waals surface area contributed by atoms with Crippen LogP contribution in [0.5, 0.6) is 0 Å². The summed E-state index contributed by atoms with van der Waals surface area (Å²) in [6.45, 7) is 0. The van der Waals surface area contributed by atoms with E-state index in [-0.39, 0.29) is 4.90 Å². The Balaban J connectivity index is 4.97. The molecule has 0 aliphatic rings. The zero-order valence-corrected chi connectivity index (χ0v) is 8.37. The molecule has 0 aromatic rings. The Labute approximate surface area is 69.3 Å². The Kier molecular flexibility index (Phi) is 3.63. The SMILES string of the molecule is C[NH+](C)C(P(=O)(O)O)P(=O)(O)O. The summed E-state index contributed by atoms with van der Waals surface area (Å²) in [7, 11) is -6.97. The second-order valence-corrected chi connectivity index (χ2v) is 6.43. The van der Waals surface area contributed by atoms with Crippen LogP contribution in [-0.2, 0) is 9.13 Å². The Bertz CT molecular complexity index is 217. The lowest BCUT2D eigenvalue weighted by atomic mass is 11.0. The lowest BCUT2D eigenvalue weighted by Crippen LogP contribution is -3.09. The maximum Gasteiger partial charge on any atom is 0.395 e. The summed E-state index contributed by atoms with van der Waals surface area (Å²) in [6, 6.07) is 0. The molecule has 0 fully saturated rings. The zero-order valence-electron chi connectivity index (χ0n) is 6.58. The second kappa shape index (κ2) is 3.55. The normalized spacial score (nSPS) is 14.3. The summed E-state index contributed by atoms with van der Waals surface area (Å²) in [5.41, 5.74) is -1.97. The first kappa shape index (κ1) is 12.3. The molecule has 7 nitrogen and oxygen atoms in total. The van der Waals surface area contributed by atoms with Crippen molar-refractivity contribution < 1.29 is 33.6 Å². The van der Waals surface area contributed by atoms with E-state index in [0.717, 1.165) is 0 Å². The molecule has 0 bridgehead atoms. The van der Waals surface area contributed by atoms with Gasteiger partial charge in [-0.2, -0.15) is 0 Å². The topological polar surface area (TPSA) is 120 Å². The zero-order chi connectivity index (χ0) is 10.2. The van der Waals surface area contributed by atoms with E-state index in [9.17, 15) is 9.13 Å². The van der Waals surface area contributed by atoms with Crippen molar-refractivity contribution in [3.63, 3.8) is 0 Å². The molecule has 12 heavy (non-hydrogen) atoms. The van der Waals surface area contributed by atoms with Crippen LogP contribution in [0.1, 0.15) is 0 Å². The first-order valence-electron chi connectivity index (χ1n) is 2.97. The molecule has 0 atom stereocenters. The van der Waals surface area contributed by atoms with Crippen LogP contribution in [-0.4, -0.2) is 39.2 Å². The summed E-state index contributed by atoms with van der Waals surface area (Å²) in [5.74, 6) is 0. The molecule has 0 saturated heterocycles. The summed E-state index contributed by atoms with van der Waals surface area (Å²) in [6.07, 6.45) is 0. The molecular formula is C3H12NO6P2+. The quantitative estimate of drug-likeness (QED) is 0.343. The van der Waals surface area contributed by atoms with E-state index in [1.807, 2.05) is 0 Å². The van der Waals surface area contributed by atoms with Crippen LogP contribution in [0.25, 0.3) is 0 Å². The van der Waals surface area contributed by atoms with Gasteiger partial charge in [-0.1, -0.05) is 0 Å². The molecule has 0 radical (unpaired) electrons. The largest absolute Gasteiger partial charge is 0.395 e. The van der Waals surface area contributed by atoms with Crippen molar-refractivity contribution in [3.05, 3.63) is 0 Å². The number of rotatable bonds is 3. The van der Waals surface area contributed by atoms with Gasteiger partial charge < -0.3 is 24.5 Å². The summed E-state index contributed by atoms with van der Waals surface area (Å²) < 4.78 is 21.2. The Hall–Kier alpha value is 0.260. The van der Waals surface area contributed by atoms with Gasteiger partial charge in [0.05, 0.1) is 14.1 Å². The van der Waals surface area contributed by atoms with Crippen molar-refractivity contribution in [3.8, 4) is 0 Å². The average Bonchev–Trinajstić information content (AvgIpc) is 1.49. The second-order valence-electron chi connectivity index (χ2n) is 2.63. The number of quaternary nitrogens is 1. The fourth-order valence-corrected chi connectivity index (χ4v) is 3.78. The molecule has 5 N–H and O–H groups in total. The van der Waals surface area contributed by atoms with Gasteiger partial charge in [0.1, 0.15) is 0 Å². The summed E-state index contributed by atoms with van der Waals surface area (Å²) in [5, 5.41) is 0. The number of nitrogens with one attached hydrogen (secondary N) is 1. The summed E-state index contributed by atoms with van der Waals surface area (Å²) in [4.78, 5) is 34.4. The van der Waals surface area contributed by atoms with E-state index >= 15 is 0 Å². The van der Waals surface area contributed by atoms with Crippen LogP contribution in [0, 0.1) is 0 Å². The standard InChI is InChI=1S/C3H11NO6P2/c1-4(2)3(11(5,6)7)12(8,9)10/h3H,1-2H3,(H2,5,6,7)(H2,8,9,10)/p+1. The predicted octanol–water partition coefficient (Wildman–Crippen LogP) is -2.23. The molecule has 0 aromatic carbocycles. The molecule has 0 unspecified atom stereocenters. The molecule has 74 valence electrons. The van der Waals surface area contributed by atoms with Gasteiger partial charge in [-0.3, -0.25) is 9.13 Å². The molecule has 0 saturated carbocycles. The molecule has 0 rings (SSSR count). The maximum atomic E-state index is 10.6. The third kappa shape index (κ3) is 3.33. The number of hydrogen-bond acceptors (Lipinski definition) is 2. The molecule has 0 aromatic heterocycles. The van der Waals surface area contributed by atoms with E-state index in [2.05, 4.69) is 0 Å². The van der Waals surface area contributed by atoms with Gasteiger partial charge in [-0.05, 0) is 0 Å². The van der Waals surface area contributed by atoms with Gasteiger partial charge in [0.15, 0.2) is 0 Å². The van der Waals surface area contributed by atoms with Crippen molar-refractivity contribution in [2.45, 2.75) is 5.52 Å². The fourth-order valence-electron chi connectivity index (χ4n) is 0.869. The smallest absolute Gasteiger partial charge is 0.320 e. The van der Waals surface area contributed by atoms with Gasteiger partial charge in [-0.15, -0.1) is 0 Å². The van der Waals surface area contributed by atoms with Gasteiger partial charge in [-0.25, -0.2) is 0 Å². The van der Waals surface area contributed by atoms with Crippen LogP contribution in [0.2, 0.25) is 0 Å². The Morgan fingerprint density at radius 3 is 1.25 bits per heavy atom. The Morgan fingerprint density at radius 2 is 1.25 bits per heavy atom. The highest BCUT2D eigenvalue weighted by Gasteiger charge is 2.49. The van der Waals surface area contributed by atoms with E-state index in [1.165, 1.54) is 14.1 Å². The van der Waals surface area contributed by atoms with Crippen LogP contribution in [0.3, 0.4) is 0 Å². The van der Waals surface area contributed by atoms with Crippen LogP contribution >= 0.6 is 15.2 Å². The first-order valence-corrected chi connectivity index (χ1v) is 6.33. The van der Waals surface area contributed by atoms with Gasteiger partial charge in [0, 0.05) is 0 Å². The highest BCUT2D eigenvalue weighted by Crippen LogP contribution is 2.56. The Morgan fingerprint density at radius 1 is 1.00 bits per heavy atom. The summed E-state index contributed by atoms with van der Waals surface area (Å²) >= 11 is 0. The highest BCUT2D eigenvalue weighted by molar-refractivity contribution is 7.70. The molecule has 0 aliphatic carbocycles. The van der Waals surface area contributed by atoms with Crippen LogP contribution in [0.4, 0.5) is 0 Å². The van der Waals surface area contributed by atoms with Gasteiger partial charge in [0.2, 0.25) is 0 Å². The number of hydrogen-bond donors (Lipinski definition) is 5. The molecule has 9 heteroatoms. The van der Waals surface area contributed by atoms with Gasteiger partial charge in [0.25, 0.3) is 5.52 Å². The van der Waals surface area contributed by atoms with E-state index < -0.39 is 20.7 Å². The van der Waals surface area contributed by atoms with Crippen molar-refractivity contribution in [1.82, 2.24) is 0 Å². The van der Waals surface area contributed by atoms with E-state index in [4.69, 9.17) is 19.6 Å². The van der Waals surface area contributed by atoms with E-state index in [1.54, 1.807) is 0 Å². The third-order valence-electron chi connectivity index (χ3n) is 1.15. The van der Waals surface area contributed by atoms with Crippen molar-refractivity contribution in [1.29, 1.82) is 0 Å².